The minimum absolute atomic E-state index is 0.0529. The second-order valence-electron chi connectivity index (χ2n) is 9.79. The third-order valence-electron chi connectivity index (χ3n) is 6.85. The molecule has 5 N–H and O–H groups in total. The number of hydrogen-bond acceptors (Lipinski definition) is 8. The van der Waals surface area contributed by atoms with Gasteiger partial charge in [-0.15, -0.1) is 11.3 Å². The Bertz CT molecular complexity index is 1830. The Morgan fingerprint density at radius 3 is 2.47 bits per heavy atom. The summed E-state index contributed by atoms with van der Waals surface area (Å²) in [6.45, 7) is 2.76. The number of ether oxygens (including phenoxy) is 1. The van der Waals surface area contributed by atoms with Crippen LogP contribution in [0.25, 0.3) is 21.6 Å². The second kappa shape index (κ2) is 12.3. The fourth-order valence-corrected chi connectivity index (χ4v) is 6.19. The zero-order chi connectivity index (χ0) is 30.7. The van der Waals surface area contributed by atoms with E-state index in [2.05, 4.69) is 15.6 Å². The number of rotatable bonds is 9. The highest BCUT2D eigenvalue weighted by Crippen LogP contribution is 2.43. The summed E-state index contributed by atoms with van der Waals surface area (Å²) in [5.74, 6) is -1.88. The van der Waals surface area contributed by atoms with Gasteiger partial charge in [-0.3, -0.25) is 9.59 Å². The summed E-state index contributed by atoms with van der Waals surface area (Å²) in [4.78, 5) is 43.7. The topological polar surface area (TPSA) is 178 Å². The minimum atomic E-state index is -3.86. The van der Waals surface area contributed by atoms with Gasteiger partial charge in [-0.25, -0.2) is 23.3 Å². The standard InChI is InChI=1S/C30H28N4O7S2/c1-2-11-32-29(36)24-8-7-20(26(34-24)30(37)38)21-15-25-23(27-18(9-12-41-25)10-13-42-27)14-22(21)28(35)33-16-17-3-5-19(6-4-17)43(31,39)40/h3-8,10,13-15H,2,9,11-12,16H2,1H3,(H,32,36)(H,33,35)(H,37,38)(H2,31,39,40). The molecule has 0 fully saturated rings. The van der Waals surface area contributed by atoms with Crippen LogP contribution < -0.4 is 20.5 Å². The Morgan fingerprint density at radius 2 is 1.77 bits per heavy atom. The number of fused-ring (bicyclic) bond motifs is 3. The van der Waals surface area contributed by atoms with E-state index in [1.54, 1.807) is 24.3 Å². The number of carboxylic acid groups (broad SMARTS) is 1. The summed E-state index contributed by atoms with van der Waals surface area (Å²) in [7, 11) is -3.86. The third-order valence-corrected chi connectivity index (χ3v) is 8.77. The van der Waals surface area contributed by atoms with Gasteiger partial charge < -0.3 is 20.5 Å². The Kier molecular flexibility index (Phi) is 8.57. The maximum absolute atomic E-state index is 13.7. The van der Waals surface area contributed by atoms with Gasteiger partial charge in [-0.1, -0.05) is 19.1 Å². The molecule has 1 aliphatic rings. The van der Waals surface area contributed by atoms with Crippen molar-refractivity contribution in [1.29, 1.82) is 0 Å². The Balaban J connectivity index is 1.58. The summed E-state index contributed by atoms with van der Waals surface area (Å²) >= 11 is 1.51. The Hall–Kier alpha value is -4.59. The first-order chi connectivity index (χ1) is 20.6. The van der Waals surface area contributed by atoms with Crippen molar-refractivity contribution in [1.82, 2.24) is 15.6 Å². The predicted molar refractivity (Wildman–Crippen MR) is 161 cm³/mol. The van der Waals surface area contributed by atoms with Crippen molar-refractivity contribution in [2.75, 3.05) is 13.2 Å². The molecule has 2 aromatic carbocycles. The van der Waals surface area contributed by atoms with Gasteiger partial charge in [0, 0.05) is 46.6 Å². The summed E-state index contributed by atoms with van der Waals surface area (Å²) in [6.07, 6.45) is 1.37. The first-order valence-electron chi connectivity index (χ1n) is 13.4. The van der Waals surface area contributed by atoms with Gasteiger partial charge in [-0.2, -0.15) is 0 Å². The maximum atomic E-state index is 13.7. The van der Waals surface area contributed by atoms with Gasteiger partial charge >= 0.3 is 5.97 Å². The molecule has 0 saturated heterocycles. The molecule has 11 nitrogen and oxygen atoms in total. The third kappa shape index (κ3) is 6.43. The number of sulfonamides is 1. The molecule has 0 bridgehead atoms. The molecule has 3 heterocycles. The number of carboxylic acids is 1. The first-order valence-corrected chi connectivity index (χ1v) is 15.8. The zero-order valence-corrected chi connectivity index (χ0v) is 24.7. The summed E-state index contributed by atoms with van der Waals surface area (Å²) < 4.78 is 29.2. The average Bonchev–Trinajstić information content (AvgIpc) is 3.39. The lowest BCUT2D eigenvalue weighted by Gasteiger charge is -2.17. The van der Waals surface area contributed by atoms with Gasteiger partial charge in [-0.05, 0) is 65.4 Å². The number of nitrogens with zero attached hydrogens (tertiary/aromatic N) is 1. The molecule has 0 unspecified atom stereocenters. The van der Waals surface area contributed by atoms with Crippen LogP contribution in [0.5, 0.6) is 5.75 Å². The molecular formula is C30H28N4O7S2. The molecule has 0 spiro atoms. The van der Waals surface area contributed by atoms with Crippen molar-refractivity contribution in [2.45, 2.75) is 31.2 Å². The molecule has 0 atom stereocenters. The fraction of sp³-hybridized carbons (Fsp3) is 0.200. The number of carbonyl (C=O) groups is 3. The van der Waals surface area contributed by atoms with Crippen LogP contribution in [-0.4, -0.2) is 49.4 Å². The lowest BCUT2D eigenvalue weighted by atomic mass is 9.93. The van der Waals surface area contributed by atoms with Crippen molar-refractivity contribution < 1.29 is 32.6 Å². The Morgan fingerprint density at radius 1 is 1.00 bits per heavy atom. The van der Waals surface area contributed by atoms with Crippen molar-refractivity contribution in [3.63, 3.8) is 0 Å². The van der Waals surface area contributed by atoms with Crippen LogP contribution in [0.4, 0.5) is 0 Å². The van der Waals surface area contributed by atoms with Crippen molar-refractivity contribution in [2.24, 2.45) is 5.14 Å². The molecule has 222 valence electrons. The van der Waals surface area contributed by atoms with Crippen LogP contribution in [0.15, 0.2) is 64.9 Å². The molecule has 2 amide bonds. The molecule has 0 saturated carbocycles. The van der Waals surface area contributed by atoms with Crippen molar-refractivity contribution >= 4 is 39.1 Å². The minimum Gasteiger partial charge on any atom is -0.493 e. The van der Waals surface area contributed by atoms with E-state index in [0.29, 0.717) is 42.9 Å². The number of aromatic carboxylic acids is 1. The van der Waals surface area contributed by atoms with Crippen LogP contribution in [0.3, 0.4) is 0 Å². The number of nitrogens with one attached hydrogen (secondary N) is 2. The lowest BCUT2D eigenvalue weighted by Crippen LogP contribution is -2.26. The highest BCUT2D eigenvalue weighted by atomic mass is 32.2. The number of amides is 2. The molecule has 5 rings (SSSR count). The highest BCUT2D eigenvalue weighted by molar-refractivity contribution is 7.89. The van der Waals surface area contributed by atoms with Crippen LogP contribution >= 0.6 is 11.3 Å². The normalized spacial score (nSPS) is 12.3. The highest BCUT2D eigenvalue weighted by Gasteiger charge is 2.26. The van der Waals surface area contributed by atoms with E-state index in [0.717, 1.165) is 10.4 Å². The summed E-state index contributed by atoms with van der Waals surface area (Å²) in [5.41, 5.74) is 2.55. The van der Waals surface area contributed by atoms with Crippen LogP contribution in [0.2, 0.25) is 0 Å². The number of carbonyl (C=O) groups excluding carboxylic acids is 2. The van der Waals surface area contributed by atoms with E-state index in [9.17, 15) is 27.9 Å². The number of aromatic nitrogens is 1. The number of hydrogen-bond donors (Lipinski definition) is 4. The van der Waals surface area contributed by atoms with E-state index in [4.69, 9.17) is 9.88 Å². The van der Waals surface area contributed by atoms with E-state index in [-0.39, 0.29) is 39.5 Å². The monoisotopic (exact) mass is 620 g/mol. The molecule has 4 aromatic rings. The molecule has 2 aromatic heterocycles. The van der Waals surface area contributed by atoms with Gasteiger partial charge in [0.25, 0.3) is 11.8 Å². The first kappa shape index (κ1) is 29.9. The average molecular weight is 621 g/mol. The number of pyridine rings is 1. The molecular weight excluding hydrogens is 592 g/mol. The maximum Gasteiger partial charge on any atom is 0.355 e. The lowest BCUT2D eigenvalue weighted by molar-refractivity contribution is 0.0690. The Labute approximate surface area is 251 Å². The van der Waals surface area contributed by atoms with E-state index < -0.39 is 27.8 Å². The van der Waals surface area contributed by atoms with Gasteiger partial charge in [0.2, 0.25) is 10.0 Å². The van der Waals surface area contributed by atoms with Crippen LogP contribution in [0, 0.1) is 0 Å². The molecule has 43 heavy (non-hydrogen) atoms. The zero-order valence-electron chi connectivity index (χ0n) is 23.0. The number of thiophene rings is 1. The van der Waals surface area contributed by atoms with Gasteiger partial charge in [0.1, 0.15) is 11.4 Å². The van der Waals surface area contributed by atoms with E-state index in [1.165, 1.54) is 35.6 Å². The van der Waals surface area contributed by atoms with Crippen LogP contribution in [-0.2, 0) is 23.0 Å². The second-order valence-corrected chi connectivity index (χ2v) is 12.3. The molecule has 1 aliphatic heterocycles. The van der Waals surface area contributed by atoms with E-state index >= 15 is 0 Å². The molecule has 13 heteroatoms. The summed E-state index contributed by atoms with van der Waals surface area (Å²) in [5, 5.41) is 22.7. The largest absolute Gasteiger partial charge is 0.493 e. The quantitative estimate of drug-likeness (QED) is 0.218. The molecule has 0 radical (unpaired) electrons. The van der Waals surface area contributed by atoms with Crippen molar-refractivity contribution in [3.05, 3.63) is 88.1 Å². The number of nitrogens with two attached hydrogens (primary N) is 1. The number of benzene rings is 2. The number of primary sulfonamides is 1. The van der Waals surface area contributed by atoms with E-state index in [1.807, 2.05) is 18.4 Å². The van der Waals surface area contributed by atoms with Gasteiger partial charge in [0.05, 0.1) is 11.5 Å². The predicted octanol–water partition coefficient (Wildman–Crippen LogP) is 3.83. The van der Waals surface area contributed by atoms with Crippen molar-refractivity contribution in [3.8, 4) is 27.3 Å². The SMILES string of the molecule is CCCNC(=O)c1ccc(-c2cc3c(cc2C(=O)NCc2ccc(S(N)(=O)=O)cc2)-c2sccc2CCO3)c(C(=O)O)n1. The van der Waals surface area contributed by atoms with Crippen LogP contribution in [0.1, 0.15) is 55.8 Å². The smallest absolute Gasteiger partial charge is 0.355 e. The summed E-state index contributed by atoms with van der Waals surface area (Å²) in [6, 6.07) is 14.0. The molecule has 0 aliphatic carbocycles. The fourth-order valence-electron chi connectivity index (χ4n) is 4.70. The van der Waals surface area contributed by atoms with Gasteiger partial charge in [0.15, 0.2) is 5.69 Å².